The molecule has 0 atom stereocenters. The van der Waals surface area contributed by atoms with E-state index in [0.717, 1.165) is 0 Å². The van der Waals surface area contributed by atoms with Crippen molar-refractivity contribution in [2.24, 2.45) is 0 Å². The maximum absolute atomic E-state index is 12.8. The molecule has 2 aromatic carbocycles. The lowest BCUT2D eigenvalue weighted by Gasteiger charge is -2.19. The lowest BCUT2D eigenvalue weighted by molar-refractivity contribution is 0.0950. The normalized spacial score (nSPS) is 12.0. The molecule has 0 heterocycles. The van der Waals surface area contributed by atoms with Crippen molar-refractivity contribution in [3.8, 4) is 5.75 Å². The van der Waals surface area contributed by atoms with Crippen molar-refractivity contribution in [1.29, 1.82) is 0 Å². The van der Waals surface area contributed by atoms with Crippen LogP contribution in [0, 0.1) is 0 Å². The Hall–Kier alpha value is -2.43. The van der Waals surface area contributed by atoms with Gasteiger partial charge in [-0.1, -0.05) is 32.0 Å². The molecule has 0 fully saturated rings. The number of carbonyl (C=O) groups excluding carboxylic acids is 1. The highest BCUT2D eigenvalue weighted by Crippen LogP contribution is 2.24. The second-order valence-electron chi connectivity index (χ2n) is 6.69. The third kappa shape index (κ3) is 6.05. The maximum atomic E-state index is 12.8. The van der Waals surface area contributed by atoms with Crippen molar-refractivity contribution < 1.29 is 26.4 Å². The average Bonchev–Trinajstić information content (AvgIpc) is 2.77. The fourth-order valence-electron chi connectivity index (χ4n) is 3.04. The number of nitrogens with one attached hydrogen (secondary N) is 1. The molecule has 2 rings (SSSR count). The summed E-state index contributed by atoms with van der Waals surface area (Å²) in [5, 5.41) is 2.64. The first-order valence-corrected chi connectivity index (χ1v) is 13.0. The molecule has 0 radical (unpaired) electrons. The minimum absolute atomic E-state index is 0.00574. The van der Waals surface area contributed by atoms with Crippen LogP contribution in [0.2, 0.25) is 0 Å². The minimum atomic E-state index is -3.74. The van der Waals surface area contributed by atoms with Crippen LogP contribution in [0.3, 0.4) is 0 Å². The monoisotopic (exact) mass is 468 g/mol. The zero-order valence-electron chi connectivity index (χ0n) is 17.9. The second kappa shape index (κ2) is 10.7. The number of carbonyl (C=O) groups is 1. The molecule has 1 N–H and O–H groups in total. The number of benzene rings is 2. The van der Waals surface area contributed by atoms with Crippen LogP contribution in [0.25, 0.3) is 0 Å². The summed E-state index contributed by atoms with van der Waals surface area (Å²) in [7, 11) is -5.79. The quantitative estimate of drug-likeness (QED) is 0.507. The van der Waals surface area contributed by atoms with Crippen molar-refractivity contribution in [2.45, 2.75) is 30.1 Å². The highest BCUT2D eigenvalue weighted by atomic mass is 32.2. The average molecular weight is 469 g/mol. The van der Waals surface area contributed by atoms with E-state index in [1.807, 2.05) is 0 Å². The number of hydrogen-bond donors (Lipinski definition) is 1. The first kappa shape index (κ1) is 24.8. The Morgan fingerprint density at radius 1 is 0.968 bits per heavy atom. The van der Waals surface area contributed by atoms with Gasteiger partial charge in [0.05, 0.1) is 28.2 Å². The van der Waals surface area contributed by atoms with Gasteiger partial charge in [0.15, 0.2) is 9.84 Å². The van der Waals surface area contributed by atoms with E-state index in [-0.39, 0.29) is 39.8 Å². The molecule has 0 bridgehead atoms. The van der Waals surface area contributed by atoms with Crippen molar-refractivity contribution in [3.05, 3.63) is 54.1 Å². The minimum Gasteiger partial charge on any atom is -0.496 e. The lowest BCUT2D eigenvalue weighted by Crippen LogP contribution is -2.31. The van der Waals surface area contributed by atoms with Crippen molar-refractivity contribution in [2.75, 3.05) is 32.5 Å². The maximum Gasteiger partial charge on any atom is 0.255 e. The molecule has 0 aliphatic carbocycles. The van der Waals surface area contributed by atoms with Crippen LogP contribution < -0.4 is 10.1 Å². The van der Waals surface area contributed by atoms with E-state index in [9.17, 15) is 21.6 Å². The Morgan fingerprint density at radius 2 is 1.61 bits per heavy atom. The highest BCUT2D eigenvalue weighted by molar-refractivity contribution is 7.91. The van der Waals surface area contributed by atoms with Crippen LogP contribution in [0.1, 0.15) is 30.6 Å². The van der Waals surface area contributed by atoms with Gasteiger partial charge in [0, 0.05) is 19.6 Å². The third-order valence-corrected chi connectivity index (χ3v) is 8.60. The summed E-state index contributed by atoms with van der Waals surface area (Å²) in [5.74, 6) is -0.427. The molecular formula is C21H28N2O6S2. The van der Waals surface area contributed by atoms with Gasteiger partial charge in [-0.15, -0.1) is 0 Å². The largest absolute Gasteiger partial charge is 0.496 e. The Kier molecular flexibility index (Phi) is 8.60. The van der Waals surface area contributed by atoms with Crippen molar-refractivity contribution in [3.63, 3.8) is 0 Å². The first-order valence-electron chi connectivity index (χ1n) is 9.91. The molecule has 8 nitrogen and oxygen atoms in total. The molecule has 0 aliphatic rings. The molecule has 10 heteroatoms. The van der Waals surface area contributed by atoms with Crippen molar-refractivity contribution in [1.82, 2.24) is 9.62 Å². The van der Waals surface area contributed by atoms with Gasteiger partial charge in [-0.05, 0) is 36.8 Å². The fourth-order valence-corrected chi connectivity index (χ4v) is 5.86. The summed E-state index contributed by atoms with van der Waals surface area (Å²) < 4.78 is 56.7. The van der Waals surface area contributed by atoms with E-state index in [0.29, 0.717) is 13.1 Å². The Morgan fingerprint density at radius 3 is 2.19 bits per heavy atom. The highest BCUT2D eigenvalue weighted by Gasteiger charge is 2.24. The van der Waals surface area contributed by atoms with Gasteiger partial charge in [0.2, 0.25) is 10.0 Å². The third-order valence-electron chi connectivity index (χ3n) is 4.74. The first-order chi connectivity index (χ1) is 14.7. The van der Waals surface area contributed by atoms with Gasteiger partial charge >= 0.3 is 0 Å². The van der Waals surface area contributed by atoms with Gasteiger partial charge in [0.1, 0.15) is 5.75 Å². The molecule has 0 saturated heterocycles. The molecule has 1 amide bonds. The van der Waals surface area contributed by atoms with E-state index in [2.05, 4.69) is 5.32 Å². The number of sulfonamides is 1. The van der Waals surface area contributed by atoms with E-state index in [1.54, 1.807) is 32.0 Å². The zero-order valence-corrected chi connectivity index (χ0v) is 19.5. The summed E-state index contributed by atoms with van der Waals surface area (Å²) >= 11 is 0. The van der Waals surface area contributed by atoms with E-state index < -0.39 is 25.8 Å². The summed E-state index contributed by atoms with van der Waals surface area (Å²) in [5.41, 5.74) is 0.0710. The number of amides is 1. The van der Waals surface area contributed by atoms with Gasteiger partial charge < -0.3 is 10.1 Å². The summed E-state index contributed by atoms with van der Waals surface area (Å²) in [4.78, 5) is 12.9. The number of nitrogens with zero attached hydrogens (tertiary/aromatic N) is 1. The molecular weight excluding hydrogens is 440 g/mol. The van der Waals surface area contributed by atoms with Gasteiger partial charge in [-0.3, -0.25) is 4.79 Å². The van der Waals surface area contributed by atoms with Crippen LogP contribution in [0.15, 0.2) is 58.3 Å². The lowest BCUT2D eigenvalue weighted by atomic mass is 10.2. The molecule has 0 saturated carbocycles. The van der Waals surface area contributed by atoms with Gasteiger partial charge in [-0.25, -0.2) is 16.8 Å². The topological polar surface area (TPSA) is 110 Å². The molecule has 170 valence electrons. The second-order valence-corrected chi connectivity index (χ2v) is 10.7. The van der Waals surface area contributed by atoms with Gasteiger partial charge in [0.25, 0.3) is 5.91 Å². The van der Waals surface area contributed by atoms with E-state index in [1.165, 1.54) is 41.7 Å². The number of hydrogen-bond acceptors (Lipinski definition) is 6. The number of rotatable bonds is 11. The number of methoxy groups -OCH3 is 1. The zero-order chi connectivity index (χ0) is 23.1. The van der Waals surface area contributed by atoms with E-state index >= 15 is 0 Å². The predicted octanol–water partition coefficient (Wildman–Crippen LogP) is 2.32. The number of sulfone groups is 1. The van der Waals surface area contributed by atoms with Crippen LogP contribution in [-0.4, -0.2) is 59.5 Å². The molecule has 0 spiro atoms. The summed E-state index contributed by atoms with van der Waals surface area (Å²) in [6.45, 7) is 4.20. The Balaban J connectivity index is 2.11. The van der Waals surface area contributed by atoms with Crippen LogP contribution >= 0.6 is 0 Å². The fraction of sp³-hybridized carbons (Fsp3) is 0.381. The summed E-state index contributed by atoms with van der Waals surface area (Å²) in [6, 6.07) is 12.2. The van der Waals surface area contributed by atoms with Crippen molar-refractivity contribution >= 4 is 25.8 Å². The van der Waals surface area contributed by atoms with Crippen LogP contribution in [0.4, 0.5) is 0 Å². The number of ether oxygens (including phenoxy) is 1. The van der Waals surface area contributed by atoms with Crippen LogP contribution in [0.5, 0.6) is 5.75 Å². The smallest absolute Gasteiger partial charge is 0.255 e. The molecule has 31 heavy (non-hydrogen) atoms. The Bertz CT molecular complexity index is 1100. The molecule has 0 aliphatic heterocycles. The summed E-state index contributed by atoms with van der Waals surface area (Å²) in [6.07, 6.45) is 0.211. The molecule has 0 unspecified atom stereocenters. The Labute approximate surface area is 184 Å². The molecule has 2 aromatic rings. The molecule has 0 aromatic heterocycles. The standard InChI is InChI=1S/C21H28N2O6S2/c1-4-23(5-2)31(27,28)18-12-13-20(29-3)19(16-18)21(24)22-14-9-15-30(25,26)17-10-7-6-8-11-17/h6-8,10-13,16H,4-5,9,14-15H2,1-3H3,(H,22,24). The van der Waals surface area contributed by atoms with Gasteiger partial charge in [-0.2, -0.15) is 4.31 Å². The van der Waals surface area contributed by atoms with Crippen LogP contribution in [-0.2, 0) is 19.9 Å². The predicted molar refractivity (Wildman–Crippen MR) is 119 cm³/mol. The SMILES string of the molecule is CCN(CC)S(=O)(=O)c1ccc(OC)c(C(=O)NCCCS(=O)(=O)c2ccccc2)c1. The van der Waals surface area contributed by atoms with E-state index in [4.69, 9.17) is 4.74 Å².